The number of hydrogen-bond donors (Lipinski definition) is 3. The van der Waals surface area contributed by atoms with Crippen molar-refractivity contribution in [3.63, 3.8) is 0 Å². The molecule has 9 nitrogen and oxygen atoms in total. The van der Waals surface area contributed by atoms with Gasteiger partial charge in [-0.05, 0) is 36.1 Å². The number of hydrogen-bond acceptors (Lipinski definition) is 7. The zero-order chi connectivity index (χ0) is 26.0. The highest BCUT2D eigenvalue weighted by molar-refractivity contribution is 6.02. The summed E-state index contributed by atoms with van der Waals surface area (Å²) in [4.78, 5) is 18.7. The number of hydrazone groups is 1. The molecular weight excluding hydrogens is 456 g/mol. The number of amidine groups is 1. The minimum atomic E-state index is -1.12. The summed E-state index contributed by atoms with van der Waals surface area (Å²) in [5.41, 5.74) is 7.97. The molecule has 1 unspecified atom stereocenters. The highest BCUT2D eigenvalue weighted by Crippen LogP contribution is 2.26. The fourth-order valence-electron chi connectivity index (χ4n) is 3.63. The zero-order valence-electron chi connectivity index (χ0n) is 20.1. The predicted octanol–water partition coefficient (Wildman–Crippen LogP) is 2.64. The maximum Gasteiger partial charge on any atom is 0.228 e. The molecule has 0 saturated heterocycles. The van der Waals surface area contributed by atoms with Gasteiger partial charge in [0.2, 0.25) is 5.91 Å². The van der Waals surface area contributed by atoms with E-state index in [0.29, 0.717) is 32.5 Å². The fourth-order valence-corrected chi connectivity index (χ4v) is 3.63. The minimum Gasteiger partial charge on any atom is -0.384 e. The van der Waals surface area contributed by atoms with Crippen molar-refractivity contribution in [2.24, 2.45) is 22.7 Å². The van der Waals surface area contributed by atoms with Crippen LogP contribution in [0, 0.1) is 5.92 Å². The monoisotopic (exact) mass is 489 g/mol. The summed E-state index contributed by atoms with van der Waals surface area (Å²) >= 11 is 0. The van der Waals surface area contributed by atoms with Crippen molar-refractivity contribution in [1.29, 1.82) is 0 Å². The number of anilines is 1. The van der Waals surface area contributed by atoms with Gasteiger partial charge in [0.15, 0.2) is 17.5 Å². The van der Waals surface area contributed by atoms with Crippen LogP contribution in [0.4, 0.5) is 14.6 Å². The van der Waals surface area contributed by atoms with Crippen LogP contribution in [-0.2, 0) is 9.53 Å². The van der Waals surface area contributed by atoms with Crippen molar-refractivity contribution in [2.75, 3.05) is 39.1 Å². The van der Waals surface area contributed by atoms with Crippen LogP contribution in [-0.4, -0.2) is 60.0 Å². The fraction of sp³-hybridized carbons (Fsp3) is 0.375. The summed E-state index contributed by atoms with van der Waals surface area (Å²) in [5, 5.41) is 4.48. The van der Waals surface area contributed by atoms with E-state index in [4.69, 9.17) is 22.2 Å². The van der Waals surface area contributed by atoms with Gasteiger partial charge in [0, 0.05) is 26.4 Å². The van der Waals surface area contributed by atoms with Crippen molar-refractivity contribution >= 4 is 23.1 Å². The number of halogens is 2. The van der Waals surface area contributed by atoms with Crippen LogP contribution in [0.2, 0.25) is 0 Å². The van der Waals surface area contributed by atoms with E-state index in [2.05, 4.69) is 16.7 Å². The van der Waals surface area contributed by atoms with E-state index in [1.807, 2.05) is 13.0 Å². The van der Waals surface area contributed by atoms with Crippen LogP contribution in [0.3, 0.4) is 0 Å². The van der Waals surface area contributed by atoms with Crippen LogP contribution >= 0.6 is 0 Å². The number of nitrogens with zero attached hydrogens (tertiary/aromatic N) is 4. The summed E-state index contributed by atoms with van der Waals surface area (Å²) < 4.78 is 33.2. The van der Waals surface area contributed by atoms with Gasteiger partial charge in [0.05, 0.1) is 24.6 Å². The van der Waals surface area contributed by atoms with E-state index < -0.39 is 18.2 Å². The Kier molecular flexibility index (Phi) is 10.6. The number of nitrogen functional groups attached to an aromatic ring is 1. The molecule has 0 bridgehead atoms. The molecule has 1 aliphatic rings. The van der Waals surface area contributed by atoms with Crippen LogP contribution in [0.5, 0.6) is 0 Å². The molecule has 0 fully saturated rings. The Morgan fingerprint density at radius 3 is 2.77 bits per heavy atom. The highest BCUT2D eigenvalue weighted by atomic mass is 19.2. The lowest BCUT2D eigenvalue weighted by molar-refractivity contribution is -0.136. The summed E-state index contributed by atoms with van der Waals surface area (Å²) in [6.45, 7) is 6.10. The van der Waals surface area contributed by atoms with Gasteiger partial charge in [-0.15, -0.1) is 0 Å². The van der Waals surface area contributed by atoms with Crippen molar-refractivity contribution in [3.05, 3.63) is 65.9 Å². The van der Waals surface area contributed by atoms with Crippen molar-refractivity contribution in [2.45, 2.75) is 19.8 Å². The Bertz CT molecular complexity index is 1040. The maximum atomic E-state index is 14.2. The molecule has 0 saturated carbocycles. The van der Waals surface area contributed by atoms with E-state index in [9.17, 15) is 13.6 Å². The van der Waals surface area contributed by atoms with Crippen LogP contribution < -0.4 is 17.4 Å². The number of hydrazine groups is 1. The van der Waals surface area contributed by atoms with Crippen LogP contribution in [0.1, 0.15) is 30.9 Å². The Hall–Kier alpha value is -3.57. The summed E-state index contributed by atoms with van der Waals surface area (Å²) in [5.74, 6) is 9.11. The van der Waals surface area contributed by atoms with Gasteiger partial charge in [0.25, 0.3) is 0 Å². The Morgan fingerprint density at radius 1 is 1.46 bits per heavy atom. The molecule has 2 heterocycles. The van der Waals surface area contributed by atoms with Gasteiger partial charge < -0.3 is 21.2 Å². The number of nitrogens with two attached hydrogens (primary N) is 3. The number of carbonyl (C=O) groups is 1. The molecule has 0 radical (unpaired) electrons. The molecule has 1 aliphatic heterocycles. The Balaban J connectivity index is 2.23. The lowest BCUT2D eigenvalue weighted by Gasteiger charge is -2.30. The molecule has 2 rings (SSSR count). The molecule has 0 aliphatic carbocycles. The molecule has 0 spiro atoms. The number of aromatic nitrogens is 1. The van der Waals surface area contributed by atoms with Gasteiger partial charge in [-0.1, -0.05) is 31.7 Å². The summed E-state index contributed by atoms with van der Waals surface area (Å²) in [6, 6.07) is 1.69. The average molecular weight is 490 g/mol. The Morgan fingerprint density at radius 2 is 2.20 bits per heavy atom. The zero-order valence-corrected chi connectivity index (χ0v) is 20.1. The topological polar surface area (TPSA) is 136 Å². The first-order valence-electron chi connectivity index (χ1n) is 11.1. The van der Waals surface area contributed by atoms with E-state index >= 15 is 0 Å². The van der Waals surface area contributed by atoms with E-state index in [-0.39, 0.29) is 29.0 Å². The van der Waals surface area contributed by atoms with Crippen LogP contribution in [0.25, 0.3) is 5.57 Å². The number of ether oxygens (including phenoxy) is 1. The molecule has 1 aromatic heterocycles. The highest BCUT2D eigenvalue weighted by Gasteiger charge is 2.25. The third-order valence-electron chi connectivity index (χ3n) is 5.60. The largest absolute Gasteiger partial charge is 0.384 e. The molecule has 0 aromatic carbocycles. The van der Waals surface area contributed by atoms with Gasteiger partial charge in [0.1, 0.15) is 5.82 Å². The third kappa shape index (κ3) is 7.20. The average Bonchev–Trinajstić information content (AvgIpc) is 2.86. The van der Waals surface area contributed by atoms with Crippen molar-refractivity contribution < 1.29 is 18.3 Å². The molecule has 11 heteroatoms. The van der Waals surface area contributed by atoms with Crippen LogP contribution in [0.15, 0.2) is 59.9 Å². The second-order valence-corrected chi connectivity index (χ2v) is 7.91. The van der Waals surface area contributed by atoms with E-state index in [1.54, 1.807) is 24.3 Å². The van der Waals surface area contributed by atoms with Gasteiger partial charge in [-0.25, -0.2) is 19.6 Å². The minimum absolute atomic E-state index is 0.0577. The second kappa shape index (κ2) is 13.4. The summed E-state index contributed by atoms with van der Waals surface area (Å²) in [7, 11) is 1.58. The maximum absolute atomic E-state index is 14.2. The standard InChI is InChI=1S/C24H33F2N7O2/c1-4-6-7-20(25)21(26)14-33(29)23(31-28)19-12-18(13-30-22(19)27)17-8-10-32(11-9-17)24(34)16(5-2)15-35-3/h4,6-8,12-13,16H,1,5,9-11,14-15,28-29H2,2-3H3,(H2,27,30)/b7-6-,21-20-,31-23-. The molecule has 1 aromatic rings. The number of pyridine rings is 1. The SMILES string of the molecule is C=C/C=C\C(F)=C(\F)CN(N)/C(=N\N)c1cc(C2=CCN(C(=O)C(CC)COC)CC2)cnc1N. The first-order chi connectivity index (χ1) is 16.8. The second-order valence-electron chi connectivity index (χ2n) is 7.91. The van der Waals surface area contributed by atoms with Crippen molar-refractivity contribution in [3.8, 4) is 0 Å². The number of amides is 1. The quantitative estimate of drug-likeness (QED) is 0.151. The lowest BCUT2D eigenvalue weighted by atomic mass is 9.97. The molecule has 35 heavy (non-hydrogen) atoms. The molecule has 1 atom stereocenters. The number of rotatable bonds is 10. The summed E-state index contributed by atoms with van der Waals surface area (Å²) in [6.07, 6.45) is 8.33. The predicted molar refractivity (Wildman–Crippen MR) is 134 cm³/mol. The van der Waals surface area contributed by atoms with Gasteiger partial charge in [-0.2, -0.15) is 5.10 Å². The number of allylic oxidation sites excluding steroid dienone is 4. The van der Waals surface area contributed by atoms with Gasteiger partial charge >= 0.3 is 0 Å². The third-order valence-corrected chi connectivity index (χ3v) is 5.60. The smallest absolute Gasteiger partial charge is 0.228 e. The first kappa shape index (κ1) is 27.7. The Labute approximate surface area is 204 Å². The molecule has 6 N–H and O–H groups in total. The van der Waals surface area contributed by atoms with E-state index in [1.165, 1.54) is 12.2 Å². The van der Waals surface area contributed by atoms with E-state index in [0.717, 1.165) is 22.2 Å². The number of carbonyl (C=O) groups excluding carboxylic acids is 1. The van der Waals surface area contributed by atoms with Gasteiger partial charge in [-0.3, -0.25) is 9.80 Å². The number of methoxy groups -OCH3 is 1. The molecular formula is C24H33F2N7O2. The molecule has 190 valence electrons. The first-order valence-corrected chi connectivity index (χ1v) is 11.1. The lowest BCUT2D eigenvalue weighted by Crippen LogP contribution is -2.40. The molecule has 1 amide bonds. The van der Waals surface area contributed by atoms with Crippen molar-refractivity contribution in [1.82, 2.24) is 14.9 Å². The normalized spacial score (nSPS) is 16.1.